The van der Waals surface area contributed by atoms with Gasteiger partial charge in [-0.3, -0.25) is 4.79 Å². The monoisotopic (exact) mass is 448 g/mol. The average Bonchev–Trinajstić information content (AvgIpc) is 2.72. The van der Waals surface area contributed by atoms with E-state index in [0.717, 1.165) is 35.1 Å². The highest BCUT2D eigenvalue weighted by molar-refractivity contribution is 7.99. The average molecular weight is 449 g/mol. The number of pyridine rings is 1. The fraction of sp³-hybridized carbons (Fsp3) is 0.429. The summed E-state index contributed by atoms with van der Waals surface area (Å²) in [5.41, 5.74) is 1.92. The van der Waals surface area contributed by atoms with Gasteiger partial charge in [0.05, 0.1) is 5.03 Å². The number of aryl methyl sites for hydroxylation is 1. The molecule has 1 saturated heterocycles. The number of hydrogen-bond donors (Lipinski definition) is 1. The summed E-state index contributed by atoms with van der Waals surface area (Å²) in [4.78, 5) is 18.7. The van der Waals surface area contributed by atoms with Crippen molar-refractivity contribution in [1.82, 2.24) is 14.2 Å². The fourth-order valence-electron chi connectivity index (χ4n) is 3.14. The number of benzene rings is 1. The zero-order valence-electron chi connectivity index (χ0n) is 17.4. The molecule has 1 aromatic carbocycles. The van der Waals surface area contributed by atoms with E-state index in [2.05, 4.69) is 15.2 Å². The molecular formula is C21H28N4O3S2. The number of likely N-dealkylation sites (N-methyl/N-ethyl adjacent to an activating group) is 1. The summed E-state index contributed by atoms with van der Waals surface area (Å²) >= 11 is 1.52. The lowest BCUT2D eigenvalue weighted by atomic mass is 10.2. The van der Waals surface area contributed by atoms with Crippen LogP contribution in [0.5, 0.6) is 0 Å². The molecule has 1 N–H and O–H groups in total. The summed E-state index contributed by atoms with van der Waals surface area (Å²) in [5, 5.41) is 3.66. The van der Waals surface area contributed by atoms with Crippen LogP contribution in [0.2, 0.25) is 0 Å². The minimum Gasteiger partial charge on any atom is -0.326 e. The lowest BCUT2D eigenvalue weighted by Gasteiger charge is -2.31. The van der Waals surface area contributed by atoms with E-state index in [9.17, 15) is 13.2 Å². The van der Waals surface area contributed by atoms with Crippen LogP contribution in [0.4, 0.5) is 5.69 Å². The molecule has 0 atom stereocenters. The predicted molar refractivity (Wildman–Crippen MR) is 120 cm³/mol. The van der Waals surface area contributed by atoms with E-state index in [1.54, 1.807) is 12.1 Å². The molecule has 3 rings (SSSR count). The van der Waals surface area contributed by atoms with E-state index >= 15 is 0 Å². The second kappa shape index (κ2) is 10.4. The first kappa shape index (κ1) is 22.7. The number of thioether (sulfide) groups is 1. The van der Waals surface area contributed by atoms with E-state index in [-0.39, 0.29) is 10.8 Å². The molecule has 1 amide bonds. The number of amides is 1. The molecule has 2 heterocycles. The van der Waals surface area contributed by atoms with Gasteiger partial charge < -0.3 is 10.2 Å². The summed E-state index contributed by atoms with van der Waals surface area (Å²) in [6.45, 7) is 4.46. The number of sulfonamides is 1. The normalized spacial score (nSPS) is 15.8. The van der Waals surface area contributed by atoms with Gasteiger partial charge in [-0.25, -0.2) is 13.4 Å². The molecule has 0 unspecified atom stereocenters. The lowest BCUT2D eigenvalue weighted by Crippen LogP contribution is -2.47. The molecule has 0 bridgehead atoms. The smallest absolute Gasteiger partial charge is 0.244 e. The van der Waals surface area contributed by atoms with Crippen LogP contribution in [0.1, 0.15) is 18.4 Å². The molecule has 0 aliphatic carbocycles. The molecule has 1 aromatic heterocycles. The quantitative estimate of drug-likeness (QED) is 0.494. The lowest BCUT2D eigenvalue weighted by molar-refractivity contribution is -0.116. The molecule has 162 valence electrons. The fourth-order valence-corrected chi connectivity index (χ4v) is 5.30. The van der Waals surface area contributed by atoms with E-state index in [4.69, 9.17) is 0 Å². The number of carbonyl (C=O) groups is 1. The first-order valence-electron chi connectivity index (χ1n) is 9.99. The molecule has 1 aliphatic rings. The van der Waals surface area contributed by atoms with Gasteiger partial charge in [0.2, 0.25) is 15.9 Å². The standard InChI is InChI=1S/C21H28N4O3S2/c1-17-5-3-6-18(15-17)23-20(26)7-4-14-29-21-9-8-19(16-22-21)30(27,28)25-12-10-24(2)11-13-25/h3,5-6,8-9,15-16H,4,7,10-14H2,1-2H3,(H,23,26). The van der Waals surface area contributed by atoms with Crippen LogP contribution in [-0.4, -0.2) is 67.5 Å². The Morgan fingerprint density at radius 1 is 1.17 bits per heavy atom. The largest absolute Gasteiger partial charge is 0.326 e. The number of hydrogen-bond acceptors (Lipinski definition) is 6. The first-order chi connectivity index (χ1) is 14.3. The number of carbonyl (C=O) groups excluding carboxylic acids is 1. The third-order valence-corrected chi connectivity index (χ3v) is 7.82. The Hall–Kier alpha value is -1.94. The SMILES string of the molecule is Cc1cccc(NC(=O)CCCSc2ccc(S(=O)(=O)N3CCN(C)CC3)cn2)c1. The second-order valence-corrected chi connectivity index (χ2v) is 10.5. The van der Waals surface area contributed by atoms with Gasteiger partial charge in [-0.2, -0.15) is 4.31 Å². The summed E-state index contributed by atoms with van der Waals surface area (Å²) in [5.74, 6) is 0.724. The van der Waals surface area contributed by atoms with Crippen molar-refractivity contribution in [1.29, 1.82) is 0 Å². The third kappa shape index (κ3) is 6.28. The number of piperazine rings is 1. The number of anilines is 1. The Balaban J connectivity index is 1.44. The highest BCUT2D eigenvalue weighted by Gasteiger charge is 2.27. The molecule has 0 radical (unpaired) electrons. The highest BCUT2D eigenvalue weighted by atomic mass is 32.2. The van der Waals surface area contributed by atoms with E-state index in [1.807, 2.05) is 38.2 Å². The zero-order chi connectivity index (χ0) is 21.6. The molecule has 1 aliphatic heterocycles. The van der Waals surface area contributed by atoms with Crippen LogP contribution in [0.15, 0.2) is 52.5 Å². The van der Waals surface area contributed by atoms with Crippen molar-refractivity contribution in [2.24, 2.45) is 0 Å². The maximum atomic E-state index is 12.7. The zero-order valence-corrected chi connectivity index (χ0v) is 19.0. The van der Waals surface area contributed by atoms with E-state index < -0.39 is 10.0 Å². The van der Waals surface area contributed by atoms with Gasteiger partial charge in [0.15, 0.2) is 0 Å². The van der Waals surface area contributed by atoms with Crippen LogP contribution in [0.3, 0.4) is 0 Å². The molecule has 0 spiro atoms. The van der Waals surface area contributed by atoms with Gasteiger partial charge >= 0.3 is 0 Å². The molecule has 1 fully saturated rings. The Morgan fingerprint density at radius 2 is 1.93 bits per heavy atom. The van der Waals surface area contributed by atoms with Crippen molar-refractivity contribution >= 4 is 33.4 Å². The highest BCUT2D eigenvalue weighted by Crippen LogP contribution is 2.21. The summed E-state index contributed by atoms with van der Waals surface area (Å²) < 4.78 is 27.0. The topological polar surface area (TPSA) is 82.6 Å². The second-order valence-electron chi connectivity index (χ2n) is 7.41. The van der Waals surface area contributed by atoms with E-state index in [1.165, 1.54) is 22.3 Å². The first-order valence-corrected chi connectivity index (χ1v) is 12.4. The van der Waals surface area contributed by atoms with Crippen LogP contribution >= 0.6 is 11.8 Å². The molecule has 30 heavy (non-hydrogen) atoms. The summed E-state index contributed by atoms with van der Waals surface area (Å²) in [6.07, 6.45) is 2.57. The number of nitrogens with one attached hydrogen (secondary N) is 1. The molecule has 9 heteroatoms. The van der Waals surface area contributed by atoms with Crippen molar-refractivity contribution in [3.63, 3.8) is 0 Å². The molecule has 0 saturated carbocycles. The van der Waals surface area contributed by atoms with Crippen LogP contribution in [0.25, 0.3) is 0 Å². The number of nitrogens with zero attached hydrogens (tertiary/aromatic N) is 3. The van der Waals surface area contributed by atoms with E-state index in [0.29, 0.717) is 25.9 Å². The third-order valence-electron chi connectivity index (χ3n) is 4.91. The molecular weight excluding hydrogens is 420 g/mol. The predicted octanol–water partition coefficient (Wildman–Crippen LogP) is 2.84. The Bertz CT molecular complexity index is 956. The van der Waals surface area contributed by atoms with Gasteiger partial charge in [0, 0.05) is 44.5 Å². The molecule has 2 aromatic rings. The minimum atomic E-state index is -3.49. The van der Waals surface area contributed by atoms with Gasteiger partial charge in [-0.15, -0.1) is 11.8 Å². The molecule has 7 nitrogen and oxygen atoms in total. The Kier molecular flexibility index (Phi) is 7.87. The van der Waals surface area contributed by atoms with Crippen molar-refractivity contribution in [2.75, 3.05) is 44.3 Å². The van der Waals surface area contributed by atoms with Crippen LogP contribution in [-0.2, 0) is 14.8 Å². The van der Waals surface area contributed by atoms with Crippen molar-refractivity contribution < 1.29 is 13.2 Å². The number of rotatable bonds is 8. The van der Waals surface area contributed by atoms with Crippen LogP contribution in [0, 0.1) is 6.92 Å². The maximum Gasteiger partial charge on any atom is 0.244 e. The minimum absolute atomic E-state index is 0.0113. The number of aromatic nitrogens is 1. The van der Waals surface area contributed by atoms with Gasteiger partial charge in [-0.1, -0.05) is 12.1 Å². The Labute approximate surface area is 182 Å². The van der Waals surface area contributed by atoms with Gasteiger partial charge in [0.1, 0.15) is 4.90 Å². The summed E-state index contributed by atoms with van der Waals surface area (Å²) in [7, 11) is -1.50. The van der Waals surface area contributed by atoms with Gasteiger partial charge in [-0.05, 0) is 56.0 Å². The van der Waals surface area contributed by atoms with Crippen LogP contribution < -0.4 is 5.32 Å². The van der Waals surface area contributed by atoms with Crippen molar-refractivity contribution in [3.8, 4) is 0 Å². The van der Waals surface area contributed by atoms with Gasteiger partial charge in [0.25, 0.3) is 0 Å². The van der Waals surface area contributed by atoms with Crippen molar-refractivity contribution in [2.45, 2.75) is 29.7 Å². The Morgan fingerprint density at radius 3 is 2.60 bits per heavy atom. The maximum absolute atomic E-state index is 12.7. The summed E-state index contributed by atoms with van der Waals surface area (Å²) in [6, 6.07) is 11.1. The van der Waals surface area contributed by atoms with Crippen molar-refractivity contribution in [3.05, 3.63) is 48.2 Å².